The lowest BCUT2D eigenvalue weighted by molar-refractivity contribution is 0.726. The van der Waals surface area contributed by atoms with Gasteiger partial charge in [0.15, 0.2) is 0 Å². The van der Waals surface area contributed by atoms with E-state index >= 15 is 0 Å². The highest BCUT2D eigenvalue weighted by Crippen LogP contribution is 2.27. The average Bonchev–Trinajstić information content (AvgIpc) is 2.43. The van der Waals surface area contributed by atoms with Gasteiger partial charge in [0.2, 0.25) is 0 Å². The molecule has 2 rings (SSSR count). The summed E-state index contributed by atoms with van der Waals surface area (Å²) in [7, 11) is 0. The molecule has 0 aliphatic carbocycles. The summed E-state index contributed by atoms with van der Waals surface area (Å²) >= 11 is 9.54. The maximum Gasteiger partial charge on any atom is 0.0437 e. The van der Waals surface area contributed by atoms with Crippen molar-refractivity contribution < 1.29 is 0 Å². The van der Waals surface area contributed by atoms with Gasteiger partial charge in [-0.3, -0.25) is 0 Å². The van der Waals surface area contributed by atoms with Crippen molar-refractivity contribution in [2.24, 2.45) is 0 Å². The second-order valence-corrected chi connectivity index (χ2v) is 5.38. The Morgan fingerprint density at radius 2 is 1.67 bits per heavy atom. The first kappa shape index (κ1) is 11.3. The van der Waals surface area contributed by atoms with Crippen LogP contribution in [0.25, 0.3) is 0 Å². The molecule has 1 aliphatic heterocycles. The zero-order valence-corrected chi connectivity index (χ0v) is 11.0. The van der Waals surface area contributed by atoms with Crippen molar-refractivity contribution in [1.82, 2.24) is 0 Å². The lowest BCUT2D eigenvalue weighted by Crippen LogP contribution is -2.23. The number of hydrogen-bond acceptors (Lipinski definition) is 1. The number of rotatable bonds is 1. The van der Waals surface area contributed by atoms with Crippen LogP contribution in [-0.2, 0) is 0 Å². The van der Waals surface area contributed by atoms with Gasteiger partial charge in [0.1, 0.15) is 0 Å². The maximum absolute atomic E-state index is 6.05. The summed E-state index contributed by atoms with van der Waals surface area (Å²) in [4.78, 5) is 2.43. The van der Waals surface area contributed by atoms with E-state index in [0.717, 1.165) is 22.6 Å². The fourth-order valence-electron chi connectivity index (χ4n) is 2.05. The van der Waals surface area contributed by atoms with Crippen LogP contribution in [0.3, 0.4) is 0 Å². The molecule has 0 N–H and O–H groups in total. The summed E-state index contributed by atoms with van der Waals surface area (Å²) < 4.78 is 1.06. The molecule has 0 atom stereocenters. The van der Waals surface area contributed by atoms with Crippen molar-refractivity contribution >= 4 is 33.2 Å². The molecular weight excluding hydrogens is 273 g/mol. The van der Waals surface area contributed by atoms with Gasteiger partial charge >= 0.3 is 0 Å². The highest BCUT2D eigenvalue weighted by molar-refractivity contribution is 9.10. The van der Waals surface area contributed by atoms with Gasteiger partial charge in [-0.1, -0.05) is 40.4 Å². The topological polar surface area (TPSA) is 3.24 Å². The molecule has 0 bridgehead atoms. The number of nitrogens with zero attached hydrogens (tertiary/aromatic N) is 1. The van der Waals surface area contributed by atoms with Crippen LogP contribution < -0.4 is 4.90 Å². The van der Waals surface area contributed by atoms with E-state index in [9.17, 15) is 0 Å². The molecular formula is C12H15BrClN. The largest absolute Gasteiger partial charge is 0.371 e. The van der Waals surface area contributed by atoms with E-state index in [4.69, 9.17) is 11.6 Å². The number of anilines is 1. The maximum atomic E-state index is 6.05. The lowest BCUT2D eigenvalue weighted by Gasteiger charge is -2.23. The third-order valence-corrected chi connectivity index (χ3v) is 3.49. The van der Waals surface area contributed by atoms with E-state index in [-0.39, 0.29) is 0 Å². The van der Waals surface area contributed by atoms with Crippen molar-refractivity contribution in [3.05, 3.63) is 27.7 Å². The Kier molecular flexibility index (Phi) is 3.92. The average molecular weight is 289 g/mol. The normalized spacial score (nSPS) is 17.6. The van der Waals surface area contributed by atoms with Crippen LogP contribution in [0.15, 0.2) is 22.7 Å². The molecule has 0 saturated carbocycles. The smallest absolute Gasteiger partial charge is 0.0437 e. The molecule has 1 aromatic rings. The Balaban J connectivity index is 2.19. The number of halogens is 2. The summed E-state index contributed by atoms with van der Waals surface area (Å²) in [6.45, 7) is 2.32. The first-order chi connectivity index (χ1) is 7.25. The van der Waals surface area contributed by atoms with Gasteiger partial charge < -0.3 is 4.90 Å². The fraction of sp³-hybridized carbons (Fsp3) is 0.500. The Bertz CT molecular complexity index is 312. The van der Waals surface area contributed by atoms with Gasteiger partial charge in [-0.05, 0) is 31.0 Å². The lowest BCUT2D eigenvalue weighted by atomic mass is 10.2. The quantitative estimate of drug-likeness (QED) is 0.736. The summed E-state index contributed by atoms with van der Waals surface area (Å²) in [5.41, 5.74) is 1.25. The van der Waals surface area contributed by atoms with Crippen molar-refractivity contribution in [2.75, 3.05) is 18.0 Å². The molecule has 1 saturated heterocycles. The molecule has 0 unspecified atom stereocenters. The summed E-state index contributed by atoms with van der Waals surface area (Å²) in [5, 5.41) is 0.809. The van der Waals surface area contributed by atoms with E-state index < -0.39 is 0 Å². The Hall–Kier alpha value is -0.210. The van der Waals surface area contributed by atoms with Crippen LogP contribution >= 0.6 is 27.5 Å². The Labute approximate surface area is 105 Å². The zero-order chi connectivity index (χ0) is 10.7. The van der Waals surface area contributed by atoms with Crippen LogP contribution in [0.1, 0.15) is 25.7 Å². The minimum Gasteiger partial charge on any atom is -0.371 e. The molecule has 1 aliphatic rings. The predicted octanol–water partition coefficient (Wildman–Crippen LogP) is 4.48. The summed E-state index contributed by atoms with van der Waals surface area (Å²) in [6, 6.07) is 6.14. The molecule has 1 heterocycles. The first-order valence-electron chi connectivity index (χ1n) is 5.47. The van der Waals surface area contributed by atoms with Gasteiger partial charge in [0.25, 0.3) is 0 Å². The molecule has 3 heteroatoms. The van der Waals surface area contributed by atoms with Gasteiger partial charge in [-0.15, -0.1) is 0 Å². The molecule has 0 amide bonds. The second kappa shape index (κ2) is 5.22. The Morgan fingerprint density at radius 1 is 1.00 bits per heavy atom. The number of benzene rings is 1. The highest BCUT2D eigenvalue weighted by atomic mass is 79.9. The van der Waals surface area contributed by atoms with E-state index in [2.05, 4.69) is 33.0 Å². The zero-order valence-electron chi connectivity index (χ0n) is 8.68. The fourth-order valence-corrected chi connectivity index (χ4v) is 2.89. The number of hydrogen-bond donors (Lipinski definition) is 0. The van der Waals surface area contributed by atoms with E-state index in [1.54, 1.807) is 0 Å². The van der Waals surface area contributed by atoms with Crippen LogP contribution in [0, 0.1) is 0 Å². The van der Waals surface area contributed by atoms with Crippen LogP contribution in [0.2, 0.25) is 5.02 Å². The van der Waals surface area contributed by atoms with Gasteiger partial charge in [0.05, 0.1) is 0 Å². The second-order valence-electron chi connectivity index (χ2n) is 4.03. The molecule has 0 radical (unpaired) electrons. The van der Waals surface area contributed by atoms with Crippen molar-refractivity contribution in [3.63, 3.8) is 0 Å². The van der Waals surface area contributed by atoms with Crippen molar-refractivity contribution in [3.8, 4) is 0 Å². The first-order valence-corrected chi connectivity index (χ1v) is 6.64. The van der Waals surface area contributed by atoms with Crippen LogP contribution in [-0.4, -0.2) is 13.1 Å². The van der Waals surface area contributed by atoms with Crippen LogP contribution in [0.5, 0.6) is 0 Å². The third-order valence-electron chi connectivity index (χ3n) is 2.82. The standard InChI is InChI=1S/C12H15BrClN/c13-10-7-11(14)9-12(8-10)15-5-3-1-2-4-6-15/h7-9H,1-6H2. The van der Waals surface area contributed by atoms with E-state index in [0.29, 0.717) is 0 Å². The summed E-state index contributed by atoms with van der Waals surface area (Å²) in [6.07, 6.45) is 5.31. The van der Waals surface area contributed by atoms with Crippen LogP contribution in [0.4, 0.5) is 5.69 Å². The molecule has 0 spiro atoms. The SMILES string of the molecule is Clc1cc(Br)cc(N2CCCCCC2)c1. The van der Waals surface area contributed by atoms with Gasteiger partial charge in [0, 0.05) is 28.3 Å². The van der Waals surface area contributed by atoms with Gasteiger partial charge in [-0.2, -0.15) is 0 Å². The minimum atomic E-state index is 0.809. The van der Waals surface area contributed by atoms with Gasteiger partial charge in [-0.25, -0.2) is 0 Å². The predicted molar refractivity (Wildman–Crippen MR) is 69.8 cm³/mol. The molecule has 1 fully saturated rings. The summed E-state index contributed by atoms with van der Waals surface area (Å²) in [5.74, 6) is 0. The van der Waals surface area contributed by atoms with E-state index in [1.165, 1.54) is 31.4 Å². The molecule has 0 aromatic heterocycles. The molecule has 1 nitrogen and oxygen atoms in total. The third kappa shape index (κ3) is 3.12. The van der Waals surface area contributed by atoms with E-state index in [1.807, 2.05) is 6.07 Å². The molecule has 82 valence electrons. The highest BCUT2D eigenvalue weighted by Gasteiger charge is 2.10. The Morgan fingerprint density at radius 3 is 2.27 bits per heavy atom. The molecule has 1 aromatic carbocycles. The van der Waals surface area contributed by atoms with Crippen molar-refractivity contribution in [2.45, 2.75) is 25.7 Å². The monoisotopic (exact) mass is 287 g/mol. The minimum absolute atomic E-state index is 0.809. The molecule has 15 heavy (non-hydrogen) atoms. The van der Waals surface area contributed by atoms with Crippen molar-refractivity contribution in [1.29, 1.82) is 0 Å².